The molecular formula is C8H13F2N. The van der Waals surface area contributed by atoms with Crippen molar-refractivity contribution in [2.45, 2.75) is 19.8 Å². The zero-order valence-corrected chi connectivity index (χ0v) is 6.66. The van der Waals surface area contributed by atoms with Crippen molar-refractivity contribution in [1.82, 2.24) is 5.32 Å². The third-order valence-corrected chi connectivity index (χ3v) is 2.21. The number of piperidine rings is 1. The smallest absolute Gasteiger partial charge is 0.269 e. The van der Waals surface area contributed by atoms with Crippen LogP contribution in [0.1, 0.15) is 19.8 Å². The Bertz CT molecular complexity index is 155. The second-order valence-corrected chi connectivity index (χ2v) is 2.99. The summed E-state index contributed by atoms with van der Waals surface area (Å²) in [4.78, 5) is 0. The molecule has 1 fully saturated rings. The SMILES string of the molecule is CC(=C(F)F)C1CCCNC1. The van der Waals surface area contributed by atoms with E-state index in [9.17, 15) is 8.78 Å². The maximum absolute atomic E-state index is 12.1. The summed E-state index contributed by atoms with van der Waals surface area (Å²) in [6.07, 6.45) is 0.407. The van der Waals surface area contributed by atoms with Crippen molar-refractivity contribution in [2.24, 2.45) is 5.92 Å². The molecule has 64 valence electrons. The maximum atomic E-state index is 12.1. The molecule has 0 spiro atoms. The van der Waals surface area contributed by atoms with Gasteiger partial charge in [0.15, 0.2) is 0 Å². The van der Waals surface area contributed by atoms with Crippen LogP contribution >= 0.6 is 0 Å². The lowest BCUT2D eigenvalue weighted by molar-refractivity contribution is 0.363. The van der Waals surface area contributed by atoms with Crippen molar-refractivity contribution < 1.29 is 8.78 Å². The second kappa shape index (κ2) is 3.81. The lowest BCUT2D eigenvalue weighted by Crippen LogP contribution is -2.30. The van der Waals surface area contributed by atoms with Crippen molar-refractivity contribution in [2.75, 3.05) is 13.1 Å². The predicted molar refractivity (Wildman–Crippen MR) is 40.5 cm³/mol. The summed E-state index contributed by atoms with van der Waals surface area (Å²) in [5.74, 6) is 0.0637. The fourth-order valence-corrected chi connectivity index (χ4v) is 1.38. The Morgan fingerprint density at radius 3 is 2.64 bits per heavy atom. The van der Waals surface area contributed by atoms with Gasteiger partial charge < -0.3 is 5.32 Å². The molecule has 11 heavy (non-hydrogen) atoms. The van der Waals surface area contributed by atoms with Gasteiger partial charge in [0.25, 0.3) is 6.08 Å². The van der Waals surface area contributed by atoms with Crippen LogP contribution in [0.3, 0.4) is 0 Å². The quantitative estimate of drug-likeness (QED) is 0.621. The summed E-state index contributed by atoms with van der Waals surface area (Å²) in [6.45, 7) is 3.20. The number of nitrogens with one attached hydrogen (secondary N) is 1. The highest BCUT2D eigenvalue weighted by Crippen LogP contribution is 2.22. The van der Waals surface area contributed by atoms with Crippen LogP contribution < -0.4 is 5.32 Å². The molecular weight excluding hydrogens is 148 g/mol. The maximum Gasteiger partial charge on any atom is 0.269 e. The number of hydrogen-bond donors (Lipinski definition) is 1. The molecule has 1 saturated heterocycles. The number of hydrogen-bond acceptors (Lipinski definition) is 1. The second-order valence-electron chi connectivity index (χ2n) is 2.99. The third-order valence-electron chi connectivity index (χ3n) is 2.21. The molecule has 1 N–H and O–H groups in total. The largest absolute Gasteiger partial charge is 0.316 e. The van der Waals surface area contributed by atoms with Crippen LogP contribution in [-0.2, 0) is 0 Å². The average molecular weight is 161 g/mol. The lowest BCUT2D eigenvalue weighted by Gasteiger charge is -2.22. The molecule has 0 aromatic carbocycles. The Morgan fingerprint density at radius 1 is 1.45 bits per heavy atom. The zero-order chi connectivity index (χ0) is 8.27. The number of halogens is 2. The molecule has 1 nitrogen and oxygen atoms in total. The Kier molecular flexibility index (Phi) is 3.00. The summed E-state index contributed by atoms with van der Waals surface area (Å²) in [5.41, 5.74) is 0.261. The highest BCUT2D eigenvalue weighted by atomic mass is 19.3. The van der Waals surface area contributed by atoms with E-state index in [4.69, 9.17) is 0 Å². The lowest BCUT2D eigenvalue weighted by atomic mass is 9.93. The molecule has 3 heteroatoms. The standard InChI is InChI=1S/C8H13F2N/c1-6(8(9)10)7-3-2-4-11-5-7/h7,11H,2-5H2,1H3. The summed E-state index contributed by atoms with van der Waals surface area (Å²) in [5, 5.41) is 3.10. The molecule has 0 amide bonds. The Balaban J connectivity index is 2.52. The molecule has 0 bridgehead atoms. The molecule has 1 aliphatic heterocycles. The summed E-state index contributed by atoms with van der Waals surface area (Å²) in [7, 11) is 0. The van der Waals surface area contributed by atoms with Gasteiger partial charge in [-0.3, -0.25) is 0 Å². The molecule has 1 heterocycles. The highest BCUT2D eigenvalue weighted by molar-refractivity contribution is 5.05. The van der Waals surface area contributed by atoms with E-state index in [0.29, 0.717) is 6.54 Å². The van der Waals surface area contributed by atoms with E-state index in [1.54, 1.807) is 0 Å². The van der Waals surface area contributed by atoms with Crippen molar-refractivity contribution in [1.29, 1.82) is 0 Å². The molecule has 0 aromatic heterocycles. The van der Waals surface area contributed by atoms with E-state index in [0.717, 1.165) is 19.4 Å². The molecule has 1 unspecified atom stereocenters. The van der Waals surface area contributed by atoms with Gasteiger partial charge in [-0.25, -0.2) is 0 Å². The Labute approximate surface area is 65.5 Å². The summed E-state index contributed by atoms with van der Waals surface area (Å²) >= 11 is 0. The van der Waals surface area contributed by atoms with Crippen molar-refractivity contribution in [3.63, 3.8) is 0 Å². The first-order valence-electron chi connectivity index (χ1n) is 3.94. The molecule has 0 radical (unpaired) electrons. The highest BCUT2D eigenvalue weighted by Gasteiger charge is 2.17. The molecule has 0 aliphatic carbocycles. The number of rotatable bonds is 1. The van der Waals surface area contributed by atoms with E-state index < -0.39 is 6.08 Å². The van der Waals surface area contributed by atoms with Crippen LogP contribution in [0.4, 0.5) is 8.78 Å². The van der Waals surface area contributed by atoms with Crippen molar-refractivity contribution in [3.05, 3.63) is 11.7 Å². The van der Waals surface area contributed by atoms with Crippen LogP contribution in [0.5, 0.6) is 0 Å². The summed E-state index contributed by atoms with van der Waals surface area (Å²) < 4.78 is 24.1. The van der Waals surface area contributed by atoms with Crippen LogP contribution in [0.25, 0.3) is 0 Å². The van der Waals surface area contributed by atoms with Crippen LogP contribution in [0.2, 0.25) is 0 Å². The van der Waals surface area contributed by atoms with Crippen molar-refractivity contribution >= 4 is 0 Å². The van der Waals surface area contributed by atoms with Gasteiger partial charge in [0.05, 0.1) is 0 Å². The third kappa shape index (κ3) is 2.26. The van der Waals surface area contributed by atoms with Crippen LogP contribution in [0.15, 0.2) is 11.7 Å². The predicted octanol–water partition coefficient (Wildman–Crippen LogP) is 2.16. The molecule has 0 aromatic rings. The van der Waals surface area contributed by atoms with Crippen LogP contribution in [0, 0.1) is 5.92 Å². The van der Waals surface area contributed by atoms with Gasteiger partial charge in [0.1, 0.15) is 0 Å². The molecule has 1 aliphatic rings. The van der Waals surface area contributed by atoms with Gasteiger partial charge in [-0.2, -0.15) is 8.78 Å². The minimum atomic E-state index is -1.50. The zero-order valence-electron chi connectivity index (χ0n) is 6.66. The summed E-state index contributed by atoms with van der Waals surface area (Å²) in [6, 6.07) is 0. The average Bonchev–Trinajstić information content (AvgIpc) is 2.05. The molecule has 0 saturated carbocycles. The fraction of sp³-hybridized carbons (Fsp3) is 0.750. The van der Waals surface area contributed by atoms with Gasteiger partial charge in [0, 0.05) is 6.54 Å². The Hall–Kier alpha value is -0.440. The van der Waals surface area contributed by atoms with E-state index in [1.807, 2.05) is 0 Å². The van der Waals surface area contributed by atoms with Gasteiger partial charge >= 0.3 is 0 Å². The van der Waals surface area contributed by atoms with E-state index >= 15 is 0 Å². The van der Waals surface area contributed by atoms with Gasteiger partial charge in [-0.15, -0.1) is 0 Å². The van der Waals surface area contributed by atoms with Crippen LogP contribution in [-0.4, -0.2) is 13.1 Å². The van der Waals surface area contributed by atoms with Gasteiger partial charge in [-0.05, 0) is 37.8 Å². The van der Waals surface area contributed by atoms with Gasteiger partial charge in [-0.1, -0.05) is 0 Å². The first kappa shape index (κ1) is 8.65. The minimum absolute atomic E-state index is 0.0637. The topological polar surface area (TPSA) is 12.0 Å². The first-order chi connectivity index (χ1) is 5.22. The molecule has 1 atom stereocenters. The molecule has 1 rings (SSSR count). The minimum Gasteiger partial charge on any atom is -0.316 e. The Morgan fingerprint density at radius 2 is 2.18 bits per heavy atom. The normalized spacial score (nSPS) is 24.8. The van der Waals surface area contributed by atoms with Gasteiger partial charge in [0.2, 0.25) is 0 Å². The first-order valence-corrected chi connectivity index (χ1v) is 3.94. The van der Waals surface area contributed by atoms with E-state index in [2.05, 4.69) is 5.32 Å². The van der Waals surface area contributed by atoms with E-state index in [1.165, 1.54) is 6.92 Å². The van der Waals surface area contributed by atoms with Crippen molar-refractivity contribution in [3.8, 4) is 0 Å². The monoisotopic (exact) mass is 161 g/mol. The van der Waals surface area contributed by atoms with E-state index in [-0.39, 0.29) is 11.5 Å². The fourth-order valence-electron chi connectivity index (χ4n) is 1.38.